The maximum atomic E-state index is 13.4. The molecule has 0 unspecified atom stereocenters. The zero-order valence-electron chi connectivity index (χ0n) is 18.4. The van der Waals surface area contributed by atoms with Gasteiger partial charge in [-0.3, -0.25) is 4.79 Å². The molecule has 4 rings (SSSR count). The van der Waals surface area contributed by atoms with Crippen LogP contribution in [0, 0.1) is 0 Å². The number of carbonyl (C=O) groups is 1. The van der Waals surface area contributed by atoms with E-state index in [1.54, 1.807) is 54.7 Å². The van der Waals surface area contributed by atoms with Gasteiger partial charge in [0.1, 0.15) is 23.8 Å². The van der Waals surface area contributed by atoms with Crippen LogP contribution < -0.4 is 9.47 Å². The van der Waals surface area contributed by atoms with Gasteiger partial charge in [-0.2, -0.15) is 0 Å². The molecule has 3 aromatic carbocycles. The highest BCUT2D eigenvalue weighted by molar-refractivity contribution is 7.91. The monoisotopic (exact) mass is 479 g/mol. The molecule has 4 aromatic rings. The molecule has 0 aliphatic heterocycles. The van der Waals surface area contributed by atoms with Gasteiger partial charge in [0.05, 0.1) is 30.2 Å². The number of hydrogen-bond acceptors (Lipinski definition) is 8. The van der Waals surface area contributed by atoms with E-state index in [9.17, 15) is 13.2 Å². The van der Waals surface area contributed by atoms with E-state index < -0.39 is 9.84 Å². The lowest BCUT2D eigenvalue weighted by Gasteiger charge is -2.12. The van der Waals surface area contributed by atoms with Crippen LogP contribution in [-0.4, -0.2) is 44.1 Å². The Balaban J connectivity index is 1.75. The van der Waals surface area contributed by atoms with E-state index in [-0.39, 0.29) is 16.4 Å². The van der Waals surface area contributed by atoms with Crippen LogP contribution in [0.15, 0.2) is 82.7 Å². The fraction of sp³-hybridized carbons (Fsp3) is 0.125. The lowest BCUT2D eigenvalue weighted by molar-refractivity contribution is -0.129. The molecule has 0 aliphatic carbocycles. The minimum atomic E-state index is -3.87. The first-order valence-electron chi connectivity index (χ1n) is 10.1. The van der Waals surface area contributed by atoms with Crippen LogP contribution in [0.4, 0.5) is 0 Å². The predicted molar refractivity (Wildman–Crippen MR) is 123 cm³/mol. The van der Waals surface area contributed by atoms with Crippen molar-refractivity contribution in [3.8, 4) is 28.4 Å². The largest absolute Gasteiger partial charge is 0.494 e. The second-order valence-corrected chi connectivity index (χ2v) is 9.03. The Bertz CT molecular complexity index is 1390. The first-order valence-corrected chi connectivity index (χ1v) is 11.6. The van der Waals surface area contributed by atoms with Gasteiger partial charge in [0, 0.05) is 5.56 Å². The maximum absolute atomic E-state index is 13.4. The smallest absolute Gasteiger partial charge is 0.293 e. The molecule has 0 aliphatic rings. The molecule has 0 saturated heterocycles. The average molecular weight is 480 g/mol. The fourth-order valence-electron chi connectivity index (χ4n) is 3.49. The second-order valence-electron chi connectivity index (χ2n) is 7.11. The zero-order chi connectivity index (χ0) is 24.1. The highest BCUT2D eigenvalue weighted by atomic mass is 32.2. The third kappa shape index (κ3) is 4.35. The Labute approximate surface area is 196 Å². The number of hydrogen-bond donors (Lipinski definition) is 0. The van der Waals surface area contributed by atoms with Crippen molar-refractivity contribution in [1.82, 2.24) is 15.0 Å². The molecule has 174 valence electrons. The quantitative estimate of drug-likeness (QED) is 0.336. The van der Waals surface area contributed by atoms with Crippen molar-refractivity contribution in [2.75, 3.05) is 14.2 Å². The number of rotatable bonds is 9. The molecule has 10 heteroatoms. The summed E-state index contributed by atoms with van der Waals surface area (Å²) in [5, 5.41) is 8.40. The van der Waals surface area contributed by atoms with Crippen LogP contribution in [0.5, 0.6) is 11.5 Å². The molecular formula is C24H21N3O6S. The molecule has 1 heterocycles. The highest BCUT2D eigenvalue weighted by Gasteiger charge is 2.24. The number of methoxy groups -OCH3 is 2. The Morgan fingerprint density at radius 2 is 1.59 bits per heavy atom. The van der Waals surface area contributed by atoms with Gasteiger partial charge in [0.2, 0.25) is 9.84 Å². The molecule has 0 spiro atoms. The molecule has 0 radical (unpaired) electrons. The maximum Gasteiger partial charge on any atom is 0.293 e. The third-order valence-corrected chi connectivity index (χ3v) is 6.96. The predicted octanol–water partition coefficient (Wildman–Crippen LogP) is 3.46. The molecule has 0 fully saturated rings. The van der Waals surface area contributed by atoms with Gasteiger partial charge in [0.25, 0.3) is 6.47 Å². The van der Waals surface area contributed by atoms with Crippen molar-refractivity contribution in [2.45, 2.75) is 16.4 Å². The van der Waals surface area contributed by atoms with Gasteiger partial charge >= 0.3 is 0 Å². The lowest BCUT2D eigenvalue weighted by Crippen LogP contribution is -2.04. The first kappa shape index (κ1) is 23.0. The fourth-order valence-corrected chi connectivity index (χ4v) is 4.96. The van der Waals surface area contributed by atoms with Crippen molar-refractivity contribution >= 4 is 16.3 Å². The van der Waals surface area contributed by atoms with Crippen molar-refractivity contribution in [2.24, 2.45) is 0 Å². The van der Waals surface area contributed by atoms with Gasteiger partial charge < -0.3 is 14.2 Å². The molecular weight excluding hydrogens is 458 g/mol. The molecule has 0 bridgehead atoms. The number of sulfone groups is 1. The number of benzene rings is 3. The number of carbonyl (C=O) groups excluding carboxylic acids is 1. The van der Waals surface area contributed by atoms with Crippen LogP contribution in [0.3, 0.4) is 0 Å². The van der Waals surface area contributed by atoms with Crippen LogP contribution in [-0.2, 0) is 26.0 Å². The Hall–Kier alpha value is -4.18. The van der Waals surface area contributed by atoms with Crippen molar-refractivity contribution in [1.29, 1.82) is 0 Å². The van der Waals surface area contributed by atoms with Crippen LogP contribution >= 0.6 is 0 Å². The highest BCUT2D eigenvalue weighted by Crippen LogP contribution is 2.34. The minimum Gasteiger partial charge on any atom is -0.494 e. The van der Waals surface area contributed by atoms with Gasteiger partial charge in [-0.25, -0.2) is 13.1 Å². The summed E-state index contributed by atoms with van der Waals surface area (Å²) >= 11 is 0. The number of ether oxygens (including phenoxy) is 3. The van der Waals surface area contributed by atoms with E-state index in [2.05, 4.69) is 10.3 Å². The SMILES string of the molecule is COc1cccc(OC)c1-n1cc(-c2ccccc2S(=O)(=O)c2ccc(COC=O)cc2)nn1. The summed E-state index contributed by atoms with van der Waals surface area (Å²) < 4.78 is 44.0. The number of aromatic nitrogens is 3. The molecule has 0 saturated carbocycles. The van der Waals surface area contributed by atoms with Gasteiger partial charge in [0.15, 0.2) is 5.69 Å². The van der Waals surface area contributed by atoms with E-state index in [1.807, 2.05) is 0 Å². The van der Waals surface area contributed by atoms with E-state index in [1.165, 1.54) is 37.1 Å². The molecule has 0 amide bonds. The molecule has 9 nitrogen and oxygen atoms in total. The Morgan fingerprint density at radius 1 is 0.912 bits per heavy atom. The van der Waals surface area contributed by atoms with E-state index in [0.29, 0.717) is 40.5 Å². The van der Waals surface area contributed by atoms with Crippen molar-refractivity contribution in [3.63, 3.8) is 0 Å². The van der Waals surface area contributed by atoms with Gasteiger partial charge in [-0.05, 0) is 35.9 Å². The summed E-state index contributed by atoms with van der Waals surface area (Å²) in [6.07, 6.45) is 1.62. The normalized spacial score (nSPS) is 11.1. The average Bonchev–Trinajstić information content (AvgIpc) is 3.37. The molecule has 1 aromatic heterocycles. The Morgan fingerprint density at radius 3 is 2.24 bits per heavy atom. The summed E-state index contributed by atoms with van der Waals surface area (Å²) in [6, 6.07) is 18.1. The zero-order valence-corrected chi connectivity index (χ0v) is 19.2. The van der Waals surface area contributed by atoms with Crippen LogP contribution in [0.1, 0.15) is 5.56 Å². The van der Waals surface area contributed by atoms with Gasteiger partial charge in [-0.1, -0.05) is 41.6 Å². The van der Waals surface area contributed by atoms with Crippen LogP contribution in [0.2, 0.25) is 0 Å². The topological polar surface area (TPSA) is 110 Å². The van der Waals surface area contributed by atoms with Crippen molar-refractivity contribution in [3.05, 3.63) is 78.5 Å². The number of para-hydroxylation sites is 1. The lowest BCUT2D eigenvalue weighted by atomic mass is 10.2. The standard InChI is InChI=1S/C24H21N3O6S/c1-31-21-7-5-8-22(32-2)24(21)27-14-20(25-26-27)19-6-3-4-9-23(19)34(29,30)18-12-10-17(11-13-18)15-33-16-28/h3-14,16H,15H2,1-2H3. The summed E-state index contributed by atoms with van der Waals surface area (Å²) in [5.74, 6) is 1.05. The summed E-state index contributed by atoms with van der Waals surface area (Å²) in [6.45, 7) is 0.407. The molecule has 0 N–H and O–H groups in total. The molecule has 0 atom stereocenters. The molecule has 34 heavy (non-hydrogen) atoms. The second kappa shape index (κ2) is 9.75. The van der Waals surface area contributed by atoms with Crippen LogP contribution in [0.25, 0.3) is 16.9 Å². The first-order chi connectivity index (χ1) is 16.5. The van der Waals surface area contributed by atoms with E-state index in [4.69, 9.17) is 14.2 Å². The third-order valence-electron chi connectivity index (χ3n) is 5.13. The summed E-state index contributed by atoms with van der Waals surface area (Å²) in [4.78, 5) is 10.6. The minimum absolute atomic E-state index is 0.0654. The summed E-state index contributed by atoms with van der Waals surface area (Å²) in [7, 11) is -0.801. The van der Waals surface area contributed by atoms with Crippen molar-refractivity contribution < 1.29 is 27.4 Å². The number of nitrogens with zero attached hydrogens (tertiary/aromatic N) is 3. The van der Waals surface area contributed by atoms with E-state index in [0.717, 1.165) is 0 Å². The van der Waals surface area contributed by atoms with E-state index >= 15 is 0 Å². The van der Waals surface area contributed by atoms with Gasteiger partial charge in [-0.15, -0.1) is 5.10 Å². The summed E-state index contributed by atoms with van der Waals surface area (Å²) in [5.41, 5.74) is 1.98. The Kier molecular flexibility index (Phi) is 6.60.